The third-order valence-electron chi connectivity index (χ3n) is 3.83. The lowest BCUT2D eigenvalue weighted by atomic mass is 10.1. The lowest BCUT2D eigenvalue weighted by Gasteiger charge is -2.08. The van der Waals surface area contributed by atoms with E-state index in [0.717, 1.165) is 27.4 Å². The van der Waals surface area contributed by atoms with Gasteiger partial charge in [-0.3, -0.25) is 10.1 Å². The van der Waals surface area contributed by atoms with Crippen molar-refractivity contribution in [2.24, 2.45) is 0 Å². The third kappa shape index (κ3) is 3.63. The molecule has 0 spiro atoms. The van der Waals surface area contributed by atoms with E-state index in [9.17, 15) is 4.79 Å². The molecule has 1 amide bonds. The van der Waals surface area contributed by atoms with Crippen LogP contribution in [0.2, 0.25) is 0 Å². The van der Waals surface area contributed by atoms with Crippen molar-refractivity contribution in [2.45, 2.75) is 17.8 Å². The summed E-state index contributed by atoms with van der Waals surface area (Å²) in [4.78, 5) is 24.8. The monoisotopic (exact) mass is 380 g/mol. The summed E-state index contributed by atoms with van der Waals surface area (Å²) in [6, 6.07) is 15.6. The number of thiazole rings is 1. The number of imidazole rings is 1. The first-order chi connectivity index (χ1) is 12.7. The average molecular weight is 380 g/mol. The van der Waals surface area contributed by atoms with E-state index in [1.807, 2.05) is 60.8 Å². The Kier molecular flexibility index (Phi) is 4.73. The molecule has 0 aliphatic carbocycles. The molecule has 0 unspecified atom stereocenters. The number of carbonyl (C=O) groups excluding carboxylic acids is 1. The summed E-state index contributed by atoms with van der Waals surface area (Å²) in [5, 5.41) is 6.25. The molecule has 0 atom stereocenters. The summed E-state index contributed by atoms with van der Waals surface area (Å²) in [6.07, 6.45) is 0. The third-order valence-corrected chi connectivity index (χ3v) is 5.63. The van der Waals surface area contributed by atoms with E-state index in [4.69, 9.17) is 0 Å². The number of aromatic nitrogens is 3. The van der Waals surface area contributed by atoms with Crippen LogP contribution in [-0.4, -0.2) is 20.9 Å². The second-order valence-electron chi connectivity index (χ2n) is 5.75. The van der Waals surface area contributed by atoms with Crippen molar-refractivity contribution >= 4 is 45.2 Å². The highest BCUT2D eigenvalue weighted by Crippen LogP contribution is 2.25. The van der Waals surface area contributed by atoms with Crippen LogP contribution in [0.5, 0.6) is 0 Å². The minimum atomic E-state index is -0.139. The maximum atomic E-state index is 12.6. The summed E-state index contributed by atoms with van der Waals surface area (Å²) in [6.45, 7) is 1.91. The minimum Gasteiger partial charge on any atom is -0.333 e. The van der Waals surface area contributed by atoms with Crippen LogP contribution < -0.4 is 5.32 Å². The number of hydrogen-bond donors (Lipinski definition) is 2. The molecule has 7 heteroatoms. The quantitative estimate of drug-likeness (QED) is 0.485. The number of aromatic amines is 1. The molecule has 0 aliphatic rings. The Bertz CT molecular complexity index is 1040. The van der Waals surface area contributed by atoms with Gasteiger partial charge in [-0.25, -0.2) is 9.97 Å². The number of amides is 1. The smallest absolute Gasteiger partial charge is 0.257 e. The molecule has 2 N–H and O–H groups in total. The number of rotatable bonds is 5. The van der Waals surface area contributed by atoms with Gasteiger partial charge in [0.05, 0.1) is 16.7 Å². The second-order valence-corrected chi connectivity index (χ2v) is 7.58. The van der Waals surface area contributed by atoms with Gasteiger partial charge in [0.25, 0.3) is 5.91 Å². The molecule has 0 aliphatic heterocycles. The predicted molar refractivity (Wildman–Crippen MR) is 107 cm³/mol. The number of para-hydroxylation sites is 2. The first kappa shape index (κ1) is 16.8. The van der Waals surface area contributed by atoms with Crippen LogP contribution >= 0.6 is 23.1 Å². The van der Waals surface area contributed by atoms with Crippen LogP contribution in [0.1, 0.15) is 21.6 Å². The lowest BCUT2D eigenvalue weighted by molar-refractivity contribution is 0.102. The van der Waals surface area contributed by atoms with Crippen LogP contribution in [0.15, 0.2) is 59.1 Å². The van der Waals surface area contributed by atoms with Crippen molar-refractivity contribution in [2.75, 3.05) is 5.32 Å². The van der Waals surface area contributed by atoms with Gasteiger partial charge in [0.1, 0.15) is 0 Å². The van der Waals surface area contributed by atoms with Crippen molar-refractivity contribution < 1.29 is 4.79 Å². The molecule has 4 rings (SSSR count). The molecule has 26 heavy (non-hydrogen) atoms. The van der Waals surface area contributed by atoms with Gasteiger partial charge in [-0.1, -0.05) is 42.1 Å². The van der Waals surface area contributed by atoms with Gasteiger partial charge in [-0.2, -0.15) is 0 Å². The van der Waals surface area contributed by atoms with E-state index in [1.54, 1.807) is 11.8 Å². The molecule has 130 valence electrons. The number of aryl methyl sites for hydroxylation is 1. The second kappa shape index (κ2) is 7.31. The molecule has 0 radical (unpaired) electrons. The molecule has 5 nitrogen and oxygen atoms in total. The normalized spacial score (nSPS) is 11.0. The topological polar surface area (TPSA) is 70.7 Å². The largest absolute Gasteiger partial charge is 0.333 e. The van der Waals surface area contributed by atoms with E-state index in [0.29, 0.717) is 16.4 Å². The molecule has 0 saturated heterocycles. The van der Waals surface area contributed by atoms with Crippen molar-refractivity contribution in [3.05, 3.63) is 70.7 Å². The standard InChI is InChI=1S/C19H16N4OS2/c1-12-10-25-18(20-12)23-17(24)14-7-3-2-6-13(14)11-26-19-21-15-8-4-5-9-16(15)22-19/h2-10H,11H2,1H3,(H,21,22)(H,20,23,24). The maximum absolute atomic E-state index is 12.6. The fraction of sp³-hybridized carbons (Fsp3) is 0.105. The van der Waals surface area contributed by atoms with Gasteiger partial charge in [-0.15, -0.1) is 11.3 Å². The number of thioether (sulfide) groups is 1. The molecule has 0 bridgehead atoms. The summed E-state index contributed by atoms with van der Waals surface area (Å²) in [5.74, 6) is 0.514. The highest BCUT2D eigenvalue weighted by atomic mass is 32.2. The number of fused-ring (bicyclic) bond motifs is 1. The summed E-state index contributed by atoms with van der Waals surface area (Å²) >= 11 is 3.01. The zero-order valence-corrected chi connectivity index (χ0v) is 15.7. The molecular formula is C19H16N4OS2. The first-order valence-corrected chi connectivity index (χ1v) is 9.94. The number of nitrogens with zero attached hydrogens (tertiary/aromatic N) is 2. The Balaban J connectivity index is 1.50. The Morgan fingerprint density at radius 1 is 1.15 bits per heavy atom. The fourth-order valence-electron chi connectivity index (χ4n) is 2.59. The number of H-pyrrole nitrogens is 1. The van der Waals surface area contributed by atoms with Gasteiger partial charge in [0, 0.05) is 16.7 Å². The number of carbonyl (C=O) groups is 1. The number of hydrogen-bond acceptors (Lipinski definition) is 5. The fourth-order valence-corrected chi connectivity index (χ4v) is 4.16. The van der Waals surface area contributed by atoms with Crippen molar-refractivity contribution in [1.82, 2.24) is 15.0 Å². The van der Waals surface area contributed by atoms with Gasteiger partial charge in [0.15, 0.2) is 10.3 Å². The maximum Gasteiger partial charge on any atom is 0.257 e. The van der Waals surface area contributed by atoms with Crippen LogP contribution in [-0.2, 0) is 5.75 Å². The Labute approximate surface area is 158 Å². The highest BCUT2D eigenvalue weighted by molar-refractivity contribution is 7.98. The zero-order valence-electron chi connectivity index (χ0n) is 14.0. The van der Waals surface area contributed by atoms with E-state index in [1.165, 1.54) is 11.3 Å². The number of anilines is 1. The van der Waals surface area contributed by atoms with Gasteiger partial charge in [0.2, 0.25) is 0 Å². The highest BCUT2D eigenvalue weighted by Gasteiger charge is 2.13. The molecule has 2 aromatic heterocycles. The van der Waals surface area contributed by atoms with Crippen molar-refractivity contribution in [1.29, 1.82) is 0 Å². The molecule has 2 heterocycles. The van der Waals surface area contributed by atoms with E-state index < -0.39 is 0 Å². The average Bonchev–Trinajstić information content (AvgIpc) is 3.25. The van der Waals surface area contributed by atoms with Crippen molar-refractivity contribution in [3.8, 4) is 0 Å². The summed E-state index contributed by atoms with van der Waals surface area (Å²) in [5.41, 5.74) is 4.48. The minimum absolute atomic E-state index is 0.139. The Hall–Kier alpha value is -2.64. The molecule has 0 fully saturated rings. The summed E-state index contributed by atoms with van der Waals surface area (Å²) < 4.78 is 0. The first-order valence-electron chi connectivity index (χ1n) is 8.08. The predicted octanol–water partition coefficient (Wildman–Crippen LogP) is 4.87. The van der Waals surface area contributed by atoms with E-state index >= 15 is 0 Å². The molecule has 0 saturated carbocycles. The number of nitrogens with one attached hydrogen (secondary N) is 2. The SMILES string of the molecule is Cc1csc(NC(=O)c2ccccc2CSc2nc3ccccc3[nH]2)n1. The molecule has 4 aromatic rings. The molecule has 2 aromatic carbocycles. The van der Waals surface area contributed by atoms with Crippen LogP contribution in [0.4, 0.5) is 5.13 Å². The van der Waals surface area contributed by atoms with Gasteiger partial charge >= 0.3 is 0 Å². The summed E-state index contributed by atoms with van der Waals surface area (Å²) in [7, 11) is 0. The van der Waals surface area contributed by atoms with Crippen LogP contribution in [0, 0.1) is 6.92 Å². The van der Waals surface area contributed by atoms with Gasteiger partial charge < -0.3 is 4.98 Å². The Morgan fingerprint density at radius 3 is 2.77 bits per heavy atom. The van der Waals surface area contributed by atoms with Crippen molar-refractivity contribution in [3.63, 3.8) is 0 Å². The number of benzene rings is 2. The molecular weight excluding hydrogens is 364 g/mol. The van der Waals surface area contributed by atoms with E-state index in [-0.39, 0.29) is 5.91 Å². The van der Waals surface area contributed by atoms with Crippen LogP contribution in [0.25, 0.3) is 11.0 Å². The lowest BCUT2D eigenvalue weighted by Crippen LogP contribution is -2.13. The van der Waals surface area contributed by atoms with Crippen LogP contribution in [0.3, 0.4) is 0 Å². The van der Waals surface area contributed by atoms with E-state index in [2.05, 4.69) is 20.3 Å². The van der Waals surface area contributed by atoms with Gasteiger partial charge in [-0.05, 0) is 30.7 Å². The Morgan fingerprint density at radius 2 is 1.96 bits per heavy atom. The zero-order chi connectivity index (χ0) is 17.9.